The number of aliphatic carboxylic acids is 1. The van der Waals surface area contributed by atoms with E-state index in [1.165, 1.54) is 6.08 Å². The van der Waals surface area contributed by atoms with Crippen LogP contribution in [0.15, 0.2) is 30.3 Å². The lowest BCUT2D eigenvalue weighted by molar-refractivity contribution is -0.149. The maximum Gasteiger partial charge on any atom is 0.332 e. The number of rotatable bonds is 5. The fourth-order valence-corrected chi connectivity index (χ4v) is 2.29. The summed E-state index contributed by atoms with van der Waals surface area (Å²) in [5.41, 5.74) is 0.834. The lowest BCUT2D eigenvalue weighted by Crippen LogP contribution is -2.32. The van der Waals surface area contributed by atoms with Gasteiger partial charge in [-0.25, -0.2) is 4.79 Å². The molecule has 0 aromatic heterocycles. The van der Waals surface area contributed by atoms with Crippen LogP contribution in [0.4, 0.5) is 0 Å². The average Bonchev–Trinajstić information content (AvgIpc) is 2.92. The Balaban J connectivity index is 1.76. The highest BCUT2D eigenvalue weighted by Gasteiger charge is 2.30. The number of hydrogen-bond donors (Lipinski definition) is 2. The van der Waals surface area contributed by atoms with E-state index in [1.54, 1.807) is 24.3 Å². The van der Waals surface area contributed by atoms with Gasteiger partial charge in [0.05, 0.1) is 6.10 Å². The summed E-state index contributed by atoms with van der Waals surface area (Å²) in [6, 6.07) is 7.16. The van der Waals surface area contributed by atoms with Crippen LogP contribution in [0, 0.1) is 0 Å². The van der Waals surface area contributed by atoms with E-state index in [0.717, 1.165) is 5.56 Å². The van der Waals surface area contributed by atoms with Crippen molar-refractivity contribution < 1.29 is 19.4 Å². The topological polar surface area (TPSA) is 75.6 Å². The molecule has 5 nitrogen and oxygen atoms in total. The van der Waals surface area contributed by atoms with E-state index in [0.29, 0.717) is 24.4 Å². The fraction of sp³-hybridized carbons (Fsp3) is 0.333. The van der Waals surface area contributed by atoms with Crippen LogP contribution in [0.25, 0.3) is 6.08 Å². The number of halogens is 1. The molecule has 0 saturated carbocycles. The Morgan fingerprint density at radius 1 is 1.43 bits per heavy atom. The lowest BCUT2D eigenvalue weighted by atomic mass is 10.2. The number of benzene rings is 1. The summed E-state index contributed by atoms with van der Waals surface area (Å²) in [6.45, 7) is 0.308. The first-order chi connectivity index (χ1) is 10.0. The van der Waals surface area contributed by atoms with Gasteiger partial charge in [-0.1, -0.05) is 23.7 Å². The van der Waals surface area contributed by atoms with Crippen molar-refractivity contribution in [2.24, 2.45) is 0 Å². The number of nitrogens with one attached hydrogen (secondary N) is 1. The van der Waals surface area contributed by atoms with Crippen molar-refractivity contribution >= 4 is 29.6 Å². The standard InChI is InChI=1S/C15H16ClNO4/c16-11-3-1-2-10(8-11)4-7-14(18)17-9-12-5-6-13(21-12)15(19)20/h1-4,7-8,12-13H,5-6,9H2,(H,17,18)(H,19,20)/b7-4+. The van der Waals surface area contributed by atoms with Crippen molar-refractivity contribution in [3.63, 3.8) is 0 Å². The zero-order valence-electron chi connectivity index (χ0n) is 11.3. The molecule has 6 heteroatoms. The van der Waals surface area contributed by atoms with E-state index in [-0.39, 0.29) is 12.0 Å². The summed E-state index contributed by atoms with van der Waals surface area (Å²) >= 11 is 5.85. The summed E-state index contributed by atoms with van der Waals surface area (Å²) in [7, 11) is 0. The number of amides is 1. The van der Waals surface area contributed by atoms with Gasteiger partial charge in [-0.15, -0.1) is 0 Å². The predicted molar refractivity (Wildman–Crippen MR) is 79.0 cm³/mol. The van der Waals surface area contributed by atoms with Crippen molar-refractivity contribution in [2.75, 3.05) is 6.54 Å². The molecular formula is C15H16ClNO4. The fourth-order valence-electron chi connectivity index (χ4n) is 2.09. The molecule has 1 aromatic rings. The van der Waals surface area contributed by atoms with Gasteiger partial charge in [-0.2, -0.15) is 0 Å². The lowest BCUT2D eigenvalue weighted by Gasteiger charge is -2.11. The third-order valence-electron chi connectivity index (χ3n) is 3.16. The minimum absolute atomic E-state index is 0.241. The molecule has 1 saturated heterocycles. The van der Waals surface area contributed by atoms with Crippen LogP contribution in [-0.4, -0.2) is 35.7 Å². The first kappa shape index (κ1) is 15.5. The van der Waals surface area contributed by atoms with Crippen LogP contribution in [-0.2, 0) is 14.3 Å². The number of carboxylic acid groups (broad SMARTS) is 1. The molecule has 1 aliphatic rings. The van der Waals surface area contributed by atoms with Gasteiger partial charge in [0.1, 0.15) is 0 Å². The van der Waals surface area contributed by atoms with E-state index in [1.807, 2.05) is 6.07 Å². The minimum atomic E-state index is -0.954. The molecule has 0 spiro atoms. The molecule has 2 atom stereocenters. The van der Waals surface area contributed by atoms with Gasteiger partial charge in [-0.05, 0) is 36.6 Å². The number of carbonyl (C=O) groups excluding carboxylic acids is 1. The first-order valence-corrected chi connectivity index (χ1v) is 7.02. The Hall–Kier alpha value is -1.85. The molecule has 2 unspecified atom stereocenters. The first-order valence-electron chi connectivity index (χ1n) is 6.64. The Morgan fingerprint density at radius 2 is 2.24 bits per heavy atom. The summed E-state index contributed by atoms with van der Waals surface area (Å²) in [6.07, 6.45) is 3.19. The summed E-state index contributed by atoms with van der Waals surface area (Å²) in [4.78, 5) is 22.4. The second-order valence-electron chi connectivity index (χ2n) is 4.80. The molecule has 0 radical (unpaired) electrons. The van der Waals surface area contributed by atoms with Crippen LogP contribution in [0.2, 0.25) is 5.02 Å². The Labute approximate surface area is 127 Å². The molecule has 1 aliphatic heterocycles. The zero-order valence-corrected chi connectivity index (χ0v) is 12.0. The molecule has 1 amide bonds. The zero-order chi connectivity index (χ0) is 15.2. The van der Waals surface area contributed by atoms with Gasteiger partial charge < -0.3 is 15.2 Å². The highest BCUT2D eigenvalue weighted by molar-refractivity contribution is 6.30. The second kappa shape index (κ2) is 7.24. The molecule has 0 aliphatic carbocycles. The molecule has 2 N–H and O–H groups in total. The van der Waals surface area contributed by atoms with Crippen LogP contribution in [0.5, 0.6) is 0 Å². The molecule has 2 rings (SSSR count). The largest absolute Gasteiger partial charge is 0.479 e. The monoisotopic (exact) mass is 309 g/mol. The second-order valence-corrected chi connectivity index (χ2v) is 5.23. The van der Waals surface area contributed by atoms with E-state index in [4.69, 9.17) is 21.4 Å². The quantitative estimate of drug-likeness (QED) is 0.817. The van der Waals surface area contributed by atoms with E-state index in [2.05, 4.69) is 5.32 Å². The van der Waals surface area contributed by atoms with Gasteiger partial charge in [0, 0.05) is 17.6 Å². The van der Waals surface area contributed by atoms with Crippen LogP contribution < -0.4 is 5.32 Å². The maximum atomic E-state index is 11.7. The van der Waals surface area contributed by atoms with Crippen LogP contribution in [0.1, 0.15) is 18.4 Å². The van der Waals surface area contributed by atoms with E-state index in [9.17, 15) is 9.59 Å². The van der Waals surface area contributed by atoms with E-state index < -0.39 is 12.1 Å². The number of hydrogen-bond acceptors (Lipinski definition) is 3. The average molecular weight is 310 g/mol. The van der Waals surface area contributed by atoms with Crippen molar-refractivity contribution in [3.8, 4) is 0 Å². The van der Waals surface area contributed by atoms with Crippen LogP contribution in [0.3, 0.4) is 0 Å². The predicted octanol–water partition coefficient (Wildman–Crippen LogP) is 2.10. The Kier molecular flexibility index (Phi) is 5.36. The number of carboxylic acids is 1. The minimum Gasteiger partial charge on any atom is -0.479 e. The Bertz CT molecular complexity index is 558. The highest BCUT2D eigenvalue weighted by atomic mass is 35.5. The summed E-state index contributed by atoms with van der Waals surface area (Å²) < 4.78 is 5.30. The maximum absolute atomic E-state index is 11.7. The smallest absolute Gasteiger partial charge is 0.332 e. The molecule has 1 heterocycles. The van der Waals surface area contributed by atoms with Gasteiger partial charge in [0.2, 0.25) is 5.91 Å². The summed E-state index contributed by atoms with van der Waals surface area (Å²) in [5, 5.41) is 12.1. The number of carbonyl (C=O) groups is 2. The SMILES string of the molecule is O=C(/C=C/c1cccc(Cl)c1)NCC1CCC(C(=O)O)O1. The molecule has 1 aromatic carbocycles. The van der Waals surface area contributed by atoms with Crippen molar-refractivity contribution in [3.05, 3.63) is 40.9 Å². The molecule has 21 heavy (non-hydrogen) atoms. The van der Waals surface area contributed by atoms with Crippen molar-refractivity contribution in [1.82, 2.24) is 5.32 Å². The van der Waals surface area contributed by atoms with Gasteiger partial charge in [-0.3, -0.25) is 4.79 Å². The molecular weight excluding hydrogens is 294 g/mol. The third-order valence-corrected chi connectivity index (χ3v) is 3.40. The molecule has 0 bridgehead atoms. The van der Waals surface area contributed by atoms with Crippen molar-refractivity contribution in [2.45, 2.75) is 25.0 Å². The van der Waals surface area contributed by atoms with Gasteiger partial charge in [0.15, 0.2) is 6.10 Å². The van der Waals surface area contributed by atoms with Crippen molar-refractivity contribution in [1.29, 1.82) is 0 Å². The molecule has 112 valence electrons. The summed E-state index contributed by atoms with van der Waals surface area (Å²) in [5.74, 6) is -1.21. The Morgan fingerprint density at radius 3 is 2.90 bits per heavy atom. The normalized spacial score (nSPS) is 21.6. The van der Waals surface area contributed by atoms with E-state index >= 15 is 0 Å². The van der Waals surface area contributed by atoms with Gasteiger partial charge >= 0.3 is 5.97 Å². The molecule has 1 fully saturated rings. The number of ether oxygens (including phenoxy) is 1. The van der Waals surface area contributed by atoms with Gasteiger partial charge in [0.25, 0.3) is 0 Å². The third kappa shape index (κ3) is 4.88. The highest BCUT2D eigenvalue weighted by Crippen LogP contribution is 2.19. The van der Waals surface area contributed by atoms with Crippen LogP contribution >= 0.6 is 11.6 Å².